The fourth-order valence-electron chi connectivity index (χ4n) is 6.91. The van der Waals surface area contributed by atoms with Gasteiger partial charge in [-0.3, -0.25) is 4.79 Å². The number of ketones is 1. The van der Waals surface area contributed by atoms with E-state index in [-0.39, 0.29) is 22.7 Å². The molecule has 22 heavy (non-hydrogen) atoms. The largest absolute Gasteiger partial charge is 0.390 e. The van der Waals surface area contributed by atoms with Crippen molar-refractivity contribution in [2.45, 2.75) is 77.5 Å². The van der Waals surface area contributed by atoms with Crippen molar-refractivity contribution in [2.75, 3.05) is 0 Å². The van der Waals surface area contributed by atoms with E-state index < -0.39 is 12.3 Å². The Hall–Kier alpha value is -0.440. The Morgan fingerprint density at radius 1 is 1.09 bits per heavy atom. The van der Waals surface area contributed by atoms with Gasteiger partial charge in [0, 0.05) is 12.3 Å². The van der Waals surface area contributed by atoms with E-state index in [1.54, 1.807) is 0 Å². The number of halogens is 1. The second-order valence-electron chi connectivity index (χ2n) is 9.10. The third kappa shape index (κ3) is 1.78. The molecule has 0 spiro atoms. The van der Waals surface area contributed by atoms with E-state index in [9.17, 15) is 14.3 Å². The molecule has 0 aliphatic heterocycles. The number of aliphatic hydroxyl groups excluding tert-OH is 1. The third-order valence-electron chi connectivity index (χ3n) is 8.32. The molecule has 4 fully saturated rings. The first kappa shape index (κ1) is 15.1. The van der Waals surface area contributed by atoms with Gasteiger partial charge in [-0.2, -0.15) is 0 Å². The van der Waals surface area contributed by atoms with Crippen molar-refractivity contribution in [1.29, 1.82) is 0 Å². The van der Waals surface area contributed by atoms with Gasteiger partial charge in [0.15, 0.2) is 0 Å². The zero-order valence-electron chi connectivity index (χ0n) is 13.9. The predicted octanol–water partition coefficient (Wildman–Crippen LogP) is 3.91. The lowest BCUT2D eigenvalue weighted by Crippen LogP contribution is -2.56. The number of carbonyl (C=O) groups is 1. The molecule has 2 nitrogen and oxygen atoms in total. The van der Waals surface area contributed by atoms with Crippen LogP contribution in [0.5, 0.6) is 0 Å². The van der Waals surface area contributed by atoms with E-state index in [2.05, 4.69) is 6.92 Å². The Morgan fingerprint density at radius 3 is 2.64 bits per heavy atom. The molecule has 4 aliphatic rings. The van der Waals surface area contributed by atoms with Crippen molar-refractivity contribution >= 4 is 5.78 Å². The van der Waals surface area contributed by atoms with Crippen LogP contribution in [0.15, 0.2) is 0 Å². The predicted molar refractivity (Wildman–Crippen MR) is 83.0 cm³/mol. The van der Waals surface area contributed by atoms with Crippen LogP contribution in [0.3, 0.4) is 0 Å². The van der Waals surface area contributed by atoms with Gasteiger partial charge in [0.05, 0.1) is 6.10 Å². The van der Waals surface area contributed by atoms with Crippen LogP contribution >= 0.6 is 0 Å². The highest BCUT2D eigenvalue weighted by atomic mass is 19.1. The second-order valence-corrected chi connectivity index (χ2v) is 9.10. The summed E-state index contributed by atoms with van der Waals surface area (Å²) in [6, 6.07) is 0. The maximum atomic E-state index is 14.2. The van der Waals surface area contributed by atoms with Gasteiger partial charge in [0.2, 0.25) is 0 Å². The van der Waals surface area contributed by atoms with Crippen molar-refractivity contribution < 1.29 is 14.3 Å². The van der Waals surface area contributed by atoms with Gasteiger partial charge in [-0.1, -0.05) is 26.7 Å². The summed E-state index contributed by atoms with van der Waals surface area (Å²) in [4.78, 5) is 12.9. The van der Waals surface area contributed by atoms with Gasteiger partial charge < -0.3 is 5.11 Å². The average molecular weight is 308 g/mol. The quantitative estimate of drug-likeness (QED) is 0.737. The molecule has 0 saturated heterocycles. The Balaban J connectivity index is 1.71. The molecule has 0 heterocycles. The Kier molecular flexibility index (Phi) is 3.28. The minimum Gasteiger partial charge on any atom is -0.390 e. The lowest BCUT2D eigenvalue weighted by Gasteiger charge is -2.59. The van der Waals surface area contributed by atoms with Crippen LogP contribution in [0, 0.1) is 34.5 Å². The molecule has 0 amide bonds. The molecular formula is C19H29FO2. The zero-order chi connectivity index (χ0) is 15.7. The van der Waals surface area contributed by atoms with Crippen LogP contribution < -0.4 is 0 Å². The highest BCUT2D eigenvalue weighted by Gasteiger charge is 2.64. The van der Waals surface area contributed by atoms with E-state index in [1.165, 1.54) is 25.7 Å². The normalized spacial score (nSPS) is 57.9. The molecule has 3 unspecified atom stereocenters. The van der Waals surface area contributed by atoms with Crippen LogP contribution in [0.25, 0.3) is 0 Å². The summed E-state index contributed by atoms with van der Waals surface area (Å²) < 4.78 is 14.2. The number of hydrogen-bond donors (Lipinski definition) is 1. The van der Waals surface area contributed by atoms with Gasteiger partial charge in [-0.15, -0.1) is 0 Å². The molecule has 0 bridgehead atoms. The van der Waals surface area contributed by atoms with Gasteiger partial charge >= 0.3 is 0 Å². The number of Topliss-reactive ketones (excluding diaryl/α,β-unsaturated/α-hetero) is 1. The monoisotopic (exact) mass is 308 g/mol. The maximum absolute atomic E-state index is 14.2. The highest BCUT2D eigenvalue weighted by molar-refractivity contribution is 5.83. The Bertz CT molecular complexity index is 492. The van der Waals surface area contributed by atoms with Gasteiger partial charge in [0.1, 0.15) is 12.0 Å². The fraction of sp³-hybridized carbons (Fsp3) is 0.947. The fourth-order valence-corrected chi connectivity index (χ4v) is 6.91. The molecule has 0 radical (unpaired) electrons. The summed E-state index contributed by atoms with van der Waals surface area (Å²) in [6.45, 7) is 4.43. The molecule has 3 heteroatoms. The maximum Gasteiger partial charge on any atom is 0.136 e. The smallest absolute Gasteiger partial charge is 0.136 e. The third-order valence-corrected chi connectivity index (χ3v) is 8.32. The first-order valence-electron chi connectivity index (χ1n) is 9.23. The number of fused-ring (bicyclic) bond motifs is 5. The Morgan fingerprint density at radius 2 is 1.86 bits per heavy atom. The first-order chi connectivity index (χ1) is 10.4. The zero-order valence-corrected chi connectivity index (χ0v) is 13.9. The molecule has 4 rings (SSSR count). The highest BCUT2D eigenvalue weighted by Crippen LogP contribution is 2.65. The summed E-state index contributed by atoms with van der Waals surface area (Å²) in [5.41, 5.74) is -0.106. The van der Waals surface area contributed by atoms with Crippen LogP contribution in [0.2, 0.25) is 0 Å². The SMILES string of the molecule is C[C@]12CCCCC1CC(=O)[C@@H]1[C@H]2CC[C@]2(C)C(O)C(F)C[C@@H]12. The molecule has 0 aromatic carbocycles. The lowest BCUT2D eigenvalue weighted by molar-refractivity contribution is -0.158. The van der Waals surface area contributed by atoms with Gasteiger partial charge in [-0.25, -0.2) is 4.39 Å². The van der Waals surface area contributed by atoms with Gasteiger partial charge in [-0.05, 0) is 60.7 Å². The molecule has 8 atom stereocenters. The number of carbonyl (C=O) groups excluding carboxylic acids is 1. The number of alkyl halides is 1. The minimum absolute atomic E-state index is 0.00787. The molecule has 4 saturated carbocycles. The standard InChI is InChI=1S/C19H29FO2/c1-18-7-4-3-5-11(18)9-15(21)16-12(18)6-8-19(2)13(16)10-14(20)17(19)22/h11-14,16-17,22H,3-10H2,1-2H3/t11?,12-,13+,14?,16-,17?,18+,19+/m1/s1. The molecule has 4 aliphatic carbocycles. The molecule has 0 aromatic rings. The van der Waals surface area contributed by atoms with Crippen LogP contribution in [-0.4, -0.2) is 23.2 Å². The number of hydrogen-bond acceptors (Lipinski definition) is 2. The number of aliphatic hydroxyl groups is 1. The summed E-state index contributed by atoms with van der Waals surface area (Å²) >= 11 is 0. The van der Waals surface area contributed by atoms with Crippen LogP contribution in [0.1, 0.15) is 65.2 Å². The lowest BCUT2D eigenvalue weighted by atomic mass is 9.45. The van der Waals surface area contributed by atoms with E-state index in [1.807, 2.05) is 6.92 Å². The van der Waals surface area contributed by atoms with Crippen molar-refractivity contribution in [3.05, 3.63) is 0 Å². The minimum atomic E-state index is -1.14. The average Bonchev–Trinajstić information content (AvgIpc) is 2.71. The van der Waals surface area contributed by atoms with Crippen molar-refractivity contribution in [2.24, 2.45) is 34.5 Å². The molecule has 124 valence electrons. The van der Waals surface area contributed by atoms with Gasteiger partial charge in [0.25, 0.3) is 0 Å². The summed E-state index contributed by atoms with van der Waals surface area (Å²) in [5, 5.41) is 10.3. The Labute approximate surface area is 132 Å². The topological polar surface area (TPSA) is 37.3 Å². The van der Waals surface area contributed by atoms with Crippen LogP contribution in [0.4, 0.5) is 4.39 Å². The summed E-state index contributed by atoms with van der Waals surface area (Å²) in [6.07, 6.45) is 5.94. The van der Waals surface area contributed by atoms with Crippen LogP contribution in [-0.2, 0) is 4.79 Å². The number of rotatable bonds is 0. The van der Waals surface area contributed by atoms with Crippen molar-refractivity contribution in [3.63, 3.8) is 0 Å². The van der Waals surface area contributed by atoms with E-state index in [0.29, 0.717) is 30.5 Å². The first-order valence-corrected chi connectivity index (χ1v) is 9.23. The van der Waals surface area contributed by atoms with E-state index in [0.717, 1.165) is 12.8 Å². The molecular weight excluding hydrogens is 279 g/mol. The van der Waals surface area contributed by atoms with Crippen molar-refractivity contribution in [1.82, 2.24) is 0 Å². The van der Waals surface area contributed by atoms with Crippen molar-refractivity contribution in [3.8, 4) is 0 Å². The molecule has 1 N–H and O–H groups in total. The summed E-state index contributed by atoms with van der Waals surface area (Å²) in [7, 11) is 0. The summed E-state index contributed by atoms with van der Waals surface area (Å²) in [5.74, 6) is 1.42. The molecule has 0 aromatic heterocycles. The van der Waals surface area contributed by atoms with E-state index >= 15 is 0 Å². The second kappa shape index (κ2) is 4.78. The van der Waals surface area contributed by atoms with E-state index in [4.69, 9.17) is 0 Å².